The van der Waals surface area contributed by atoms with Crippen molar-refractivity contribution in [2.75, 3.05) is 0 Å². The van der Waals surface area contributed by atoms with Gasteiger partial charge < -0.3 is 11.1 Å². The molecule has 0 bridgehead atoms. The van der Waals surface area contributed by atoms with Crippen LogP contribution in [0, 0.1) is 11.8 Å². The van der Waals surface area contributed by atoms with E-state index in [1.807, 2.05) is 6.92 Å². The first-order valence-corrected chi connectivity index (χ1v) is 5.24. The SMILES string of the molecule is CC(NC(C1CC1)C1CC1)C(N)=O. The zero-order chi connectivity index (χ0) is 9.42. The molecule has 2 saturated carbocycles. The smallest absolute Gasteiger partial charge is 0.234 e. The third kappa shape index (κ3) is 2.21. The van der Waals surface area contributed by atoms with Crippen molar-refractivity contribution in [3.05, 3.63) is 0 Å². The van der Waals surface area contributed by atoms with Crippen LogP contribution in [0.1, 0.15) is 32.6 Å². The number of nitrogens with two attached hydrogens (primary N) is 1. The van der Waals surface area contributed by atoms with E-state index in [9.17, 15) is 4.79 Å². The largest absolute Gasteiger partial charge is 0.368 e. The molecule has 74 valence electrons. The Kier molecular flexibility index (Phi) is 2.28. The molecule has 0 aliphatic heterocycles. The molecule has 0 aromatic carbocycles. The predicted octanol–water partition coefficient (Wildman–Crippen LogP) is 0.638. The average molecular weight is 182 g/mol. The van der Waals surface area contributed by atoms with Crippen LogP contribution in [0.5, 0.6) is 0 Å². The third-order valence-corrected chi connectivity index (χ3v) is 3.13. The van der Waals surface area contributed by atoms with Gasteiger partial charge in [-0.1, -0.05) is 0 Å². The summed E-state index contributed by atoms with van der Waals surface area (Å²) in [6.07, 6.45) is 5.33. The van der Waals surface area contributed by atoms with Crippen LogP contribution in [-0.2, 0) is 4.79 Å². The van der Waals surface area contributed by atoms with Gasteiger partial charge >= 0.3 is 0 Å². The van der Waals surface area contributed by atoms with E-state index < -0.39 is 0 Å². The zero-order valence-electron chi connectivity index (χ0n) is 8.12. The van der Waals surface area contributed by atoms with Crippen molar-refractivity contribution in [1.29, 1.82) is 0 Å². The predicted molar refractivity (Wildman–Crippen MR) is 51.0 cm³/mol. The summed E-state index contributed by atoms with van der Waals surface area (Å²) in [6.45, 7) is 1.86. The molecule has 2 aliphatic rings. The summed E-state index contributed by atoms with van der Waals surface area (Å²) < 4.78 is 0. The Balaban J connectivity index is 1.85. The van der Waals surface area contributed by atoms with Gasteiger partial charge in [-0.3, -0.25) is 4.79 Å². The van der Waals surface area contributed by atoms with Gasteiger partial charge in [0, 0.05) is 6.04 Å². The van der Waals surface area contributed by atoms with Crippen molar-refractivity contribution in [3.63, 3.8) is 0 Å². The number of amides is 1. The molecule has 1 atom stereocenters. The first-order chi connectivity index (χ1) is 6.18. The van der Waals surface area contributed by atoms with Gasteiger partial charge in [-0.15, -0.1) is 0 Å². The third-order valence-electron chi connectivity index (χ3n) is 3.13. The second-order valence-corrected chi connectivity index (χ2v) is 4.49. The highest BCUT2D eigenvalue weighted by Gasteiger charge is 2.42. The lowest BCUT2D eigenvalue weighted by Crippen LogP contribution is -2.46. The highest BCUT2D eigenvalue weighted by molar-refractivity contribution is 5.79. The van der Waals surface area contributed by atoms with E-state index in [1.165, 1.54) is 25.7 Å². The number of carbonyl (C=O) groups is 1. The Morgan fingerprint density at radius 3 is 2.08 bits per heavy atom. The lowest BCUT2D eigenvalue weighted by atomic mass is 10.1. The average Bonchev–Trinajstić information content (AvgIpc) is 2.90. The summed E-state index contributed by atoms with van der Waals surface area (Å²) in [4.78, 5) is 10.9. The summed E-state index contributed by atoms with van der Waals surface area (Å²) in [5.74, 6) is 1.43. The Bertz CT molecular complexity index is 197. The monoisotopic (exact) mass is 182 g/mol. The van der Waals surface area contributed by atoms with Crippen LogP contribution in [0.3, 0.4) is 0 Å². The van der Waals surface area contributed by atoms with E-state index >= 15 is 0 Å². The first kappa shape index (κ1) is 9.00. The van der Waals surface area contributed by atoms with Gasteiger partial charge in [0.25, 0.3) is 0 Å². The van der Waals surface area contributed by atoms with Gasteiger partial charge in [0.2, 0.25) is 5.91 Å². The molecule has 0 saturated heterocycles. The minimum absolute atomic E-state index is 0.161. The van der Waals surface area contributed by atoms with Gasteiger partial charge in [-0.05, 0) is 44.4 Å². The highest BCUT2D eigenvalue weighted by atomic mass is 16.1. The maximum atomic E-state index is 10.9. The summed E-state index contributed by atoms with van der Waals surface area (Å²) in [5.41, 5.74) is 5.22. The normalized spacial score (nSPS) is 24.8. The molecule has 0 aromatic heterocycles. The Morgan fingerprint density at radius 1 is 1.31 bits per heavy atom. The molecule has 13 heavy (non-hydrogen) atoms. The molecule has 1 unspecified atom stereocenters. The molecule has 3 heteroatoms. The fraction of sp³-hybridized carbons (Fsp3) is 0.900. The van der Waals surface area contributed by atoms with Crippen LogP contribution in [0.25, 0.3) is 0 Å². The fourth-order valence-corrected chi connectivity index (χ4v) is 1.94. The van der Waals surface area contributed by atoms with E-state index in [4.69, 9.17) is 5.73 Å². The summed E-state index contributed by atoms with van der Waals surface area (Å²) in [7, 11) is 0. The van der Waals surface area contributed by atoms with E-state index in [1.54, 1.807) is 0 Å². The summed E-state index contributed by atoms with van der Waals surface area (Å²) in [5, 5.41) is 3.37. The van der Waals surface area contributed by atoms with E-state index in [0.29, 0.717) is 6.04 Å². The van der Waals surface area contributed by atoms with Gasteiger partial charge in [-0.25, -0.2) is 0 Å². The molecule has 2 rings (SSSR count). The molecule has 2 aliphatic carbocycles. The quantitative estimate of drug-likeness (QED) is 0.655. The second kappa shape index (κ2) is 3.29. The standard InChI is InChI=1S/C10H18N2O/c1-6(10(11)13)12-9(7-2-3-7)8-4-5-8/h6-9,12H,2-5H2,1H3,(H2,11,13). The summed E-state index contributed by atoms with van der Waals surface area (Å²) in [6, 6.07) is 0.411. The maximum Gasteiger partial charge on any atom is 0.234 e. The van der Waals surface area contributed by atoms with Gasteiger partial charge in [0.1, 0.15) is 0 Å². The van der Waals surface area contributed by atoms with E-state index in [0.717, 1.165) is 11.8 Å². The van der Waals surface area contributed by atoms with Crippen molar-refractivity contribution >= 4 is 5.91 Å². The Morgan fingerprint density at radius 2 is 1.77 bits per heavy atom. The molecule has 0 heterocycles. The van der Waals surface area contributed by atoms with Gasteiger partial charge in [-0.2, -0.15) is 0 Å². The molecule has 3 nitrogen and oxygen atoms in total. The Labute approximate surface area is 79.1 Å². The number of carbonyl (C=O) groups excluding carboxylic acids is 1. The number of hydrogen-bond acceptors (Lipinski definition) is 2. The Hall–Kier alpha value is -0.570. The number of hydrogen-bond donors (Lipinski definition) is 2. The van der Waals surface area contributed by atoms with Crippen LogP contribution >= 0.6 is 0 Å². The first-order valence-electron chi connectivity index (χ1n) is 5.24. The molecular formula is C10H18N2O. The molecule has 2 fully saturated rings. The number of nitrogens with one attached hydrogen (secondary N) is 1. The van der Waals surface area contributed by atoms with Gasteiger partial charge in [0.05, 0.1) is 6.04 Å². The molecular weight excluding hydrogens is 164 g/mol. The van der Waals surface area contributed by atoms with Crippen molar-refractivity contribution in [1.82, 2.24) is 5.32 Å². The minimum Gasteiger partial charge on any atom is -0.368 e. The zero-order valence-corrected chi connectivity index (χ0v) is 8.12. The van der Waals surface area contributed by atoms with Crippen LogP contribution in [0.4, 0.5) is 0 Å². The van der Waals surface area contributed by atoms with Crippen molar-refractivity contribution in [2.24, 2.45) is 17.6 Å². The van der Waals surface area contributed by atoms with Crippen LogP contribution in [-0.4, -0.2) is 18.0 Å². The van der Waals surface area contributed by atoms with Crippen molar-refractivity contribution < 1.29 is 4.79 Å². The van der Waals surface area contributed by atoms with Crippen LogP contribution in [0.15, 0.2) is 0 Å². The van der Waals surface area contributed by atoms with E-state index in [-0.39, 0.29) is 11.9 Å². The van der Waals surface area contributed by atoms with E-state index in [2.05, 4.69) is 5.32 Å². The highest BCUT2D eigenvalue weighted by Crippen LogP contribution is 2.44. The van der Waals surface area contributed by atoms with Crippen molar-refractivity contribution in [3.8, 4) is 0 Å². The lowest BCUT2D eigenvalue weighted by molar-refractivity contribution is -0.119. The molecule has 0 radical (unpaired) electrons. The minimum atomic E-state index is -0.230. The molecule has 1 amide bonds. The lowest BCUT2D eigenvalue weighted by Gasteiger charge is -2.20. The molecule has 0 spiro atoms. The fourth-order valence-electron chi connectivity index (χ4n) is 1.94. The topological polar surface area (TPSA) is 55.1 Å². The molecule has 0 aromatic rings. The van der Waals surface area contributed by atoms with Crippen molar-refractivity contribution in [2.45, 2.75) is 44.7 Å². The van der Waals surface area contributed by atoms with Gasteiger partial charge in [0.15, 0.2) is 0 Å². The molecule has 3 N–H and O–H groups in total. The maximum absolute atomic E-state index is 10.9. The van der Waals surface area contributed by atoms with Crippen LogP contribution in [0.2, 0.25) is 0 Å². The second-order valence-electron chi connectivity index (χ2n) is 4.49. The summed E-state index contributed by atoms with van der Waals surface area (Å²) >= 11 is 0. The number of primary amides is 1. The van der Waals surface area contributed by atoms with Crippen LogP contribution < -0.4 is 11.1 Å². The number of rotatable bonds is 5.